The van der Waals surface area contributed by atoms with Crippen molar-refractivity contribution < 1.29 is 18.3 Å². The molecule has 0 bridgehead atoms. The third-order valence-electron chi connectivity index (χ3n) is 1.56. The Balaban J connectivity index is 2.87. The first-order chi connectivity index (χ1) is 6.43. The Morgan fingerprint density at radius 1 is 1.43 bits per heavy atom. The molecule has 1 N–H and O–H groups in total. The molecule has 0 fully saturated rings. The molecule has 0 radical (unpaired) electrons. The molecule has 1 heterocycles. The molecule has 0 aliphatic rings. The molecule has 1 unspecified atom stereocenters. The Morgan fingerprint density at radius 3 is 2.50 bits per heavy atom. The van der Waals surface area contributed by atoms with E-state index in [4.69, 9.17) is 0 Å². The predicted octanol–water partition coefficient (Wildman–Crippen LogP) is 1.63. The van der Waals surface area contributed by atoms with E-state index in [0.29, 0.717) is 0 Å². The van der Waals surface area contributed by atoms with Crippen molar-refractivity contribution in [2.24, 2.45) is 0 Å². The van der Waals surface area contributed by atoms with Crippen molar-refractivity contribution in [3.8, 4) is 0 Å². The summed E-state index contributed by atoms with van der Waals surface area (Å²) < 4.78 is 36.2. The summed E-state index contributed by atoms with van der Waals surface area (Å²) >= 11 is 0. The highest BCUT2D eigenvalue weighted by Crippen LogP contribution is 2.32. The van der Waals surface area contributed by atoms with E-state index >= 15 is 0 Å². The van der Waals surface area contributed by atoms with Gasteiger partial charge in [-0.3, -0.25) is 9.97 Å². The highest BCUT2D eigenvalue weighted by Gasteiger charge is 2.37. The van der Waals surface area contributed by atoms with Crippen LogP contribution >= 0.6 is 0 Å². The summed E-state index contributed by atoms with van der Waals surface area (Å²) in [6.07, 6.45) is -2.93. The first kappa shape index (κ1) is 10.6. The van der Waals surface area contributed by atoms with Crippen molar-refractivity contribution in [3.63, 3.8) is 0 Å². The zero-order valence-electron chi connectivity index (χ0n) is 6.99. The number of rotatable bonds is 2. The van der Waals surface area contributed by atoms with Crippen LogP contribution in [0.3, 0.4) is 0 Å². The molecule has 1 rings (SSSR count). The molecule has 0 aliphatic heterocycles. The topological polar surface area (TPSA) is 46.0 Å². The molecule has 14 heavy (non-hydrogen) atoms. The van der Waals surface area contributed by atoms with E-state index in [1.54, 1.807) is 0 Å². The monoisotopic (exact) mass is 204 g/mol. The average molecular weight is 204 g/mol. The predicted molar refractivity (Wildman–Crippen MR) is 42.2 cm³/mol. The highest BCUT2D eigenvalue weighted by atomic mass is 19.4. The van der Waals surface area contributed by atoms with E-state index in [2.05, 4.69) is 16.5 Å². The lowest BCUT2D eigenvalue weighted by Gasteiger charge is -2.15. The first-order valence-corrected chi connectivity index (χ1v) is 3.63. The molecule has 0 amide bonds. The smallest absolute Gasteiger partial charge is 0.382 e. The molecule has 76 valence electrons. The minimum Gasteiger partial charge on any atom is -0.382 e. The molecule has 0 aliphatic carbocycles. The van der Waals surface area contributed by atoms with E-state index in [1.165, 1.54) is 12.4 Å². The summed E-state index contributed by atoms with van der Waals surface area (Å²) in [5.41, 5.74) is -1.42. The van der Waals surface area contributed by atoms with E-state index in [-0.39, 0.29) is 5.69 Å². The van der Waals surface area contributed by atoms with Crippen LogP contribution in [-0.4, -0.2) is 21.3 Å². The lowest BCUT2D eigenvalue weighted by molar-refractivity contribution is -0.105. The molecular formula is C8H7F3N2O. The lowest BCUT2D eigenvalue weighted by Crippen LogP contribution is -2.18. The van der Waals surface area contributed by atoms with Crippen molar-refractivity contribution in [2.45, 2.75) is 12.3 Å². The van der Waals surface area contributed by atoms with E-state index in [0.717, 1.165) is 6.20 Å². The molecule has 0 spiro atoms. The second-order valence-electron chi connectivity index (χ2n) is 2.56. The van der Waals surface area contributed by atoms with Gasteiger partial charge in [0.25, 0.3) is 0 Å². The molecular weight excluding hydrogens is 197 g/mol. The highest BCUT2D eigenvalue weighted by molar-refractivity contribution is 5.18. The maximum atomic E-state index is 12.1. The van der Waals surface area contributed by atoms with Gasteiger partial charge in [-0.25, -0.2) is 0 Å². The molecule has 0 saturated carbocycles. The Labute approximate surface area is 77.9 Å². The van der Waals surface area contributed by atoms with Gasteiger partial charge in [-0.1, -0.05) is 6.58 Å². The largest absolute Gasteiger partial charge is 0.414 e. The van der Waals surface area contributed by atoms with Crippen LogP contribution in [0.4, 0.5) is 13.2 Å². The zero-order valence-corrected chi connectivity index (χ0v) is 6.99. The standard InChI is InChI=1S/C8H7F3N2O/c1-5(8(9,10)11)7(14)6-4-12-2-3-13-6/h2-4,7,14H,1H2. The summed E-state index contributed by atoms with van der Waals surface area (Å²) in [6.45, 7) is 2.76. The molecule has 1 aromatic rings. The van der Waals surface area contributed by atoms with Crippen molar-refractivity contribution in [1.82, 2.24) is 9.97 Å². The van der Waals surface area contributed by atoms with E-state index < -0.39 is 17.9 Å². The quantitative estimate of drug-likeness (QED) is 0.744. The third-order valence-corrected chi connectivity index (χ3v) is 1.56. The van der Waals surface area contributed by atoms with E-state index in [9.17, 15) is 18.3 Å². The van der Waals surface area contributed by atoms with Gasteiger partial charge in [-0.2, -0.15) is 13.2 Å². The fourth-order valence-electron chi connectivity index (χ4n) is 0.785. The molecule has 3 nitrogen and oxygen atoms in total. The Bertz CT molecular complexity index is 323. The number of alkyl halides is 3. The number of aromatic nitrogens is 2. The molecule has 1 atom stereocenters. The van der Waals surface area contributed by atoms with Gasteiger partial charge in [0.2, 0.25) is 0 Å². The molecule has 1 aromatic heterocycles. The minimum absolute atomic E-state index is 0.171. The van der Waals surface area contributed by atoms with Crippen LogP contribution in [0.15, 0.2) is 30.7 Å². The van der Waals surface area contributed by atoms with Crippen LogP contribution in [0.5, 0.6) is 0 Å². The fraction of sp³-hybridized carbons (Fsp3) is 0.250. The molecule has 0 aromatic carbocycles. The zero-order chi connectivity index (χ0) is 10.8. The van der Waals surface area contributed by atoms with Crippen molar-refractivity contribution in [1.29, 1.82) is 0 Å². The van der Waals surface area contributed by atoms with Gasteiger partial charge in [0.1, 0.15) is 6.10 Å². The molecule has 0 saturated heterocycles. The number of hydrogen-bond donors (Lipinski definition) is 1. The summed E-state index contributed by atoms with van der Waals surface area (Å²) in [7, 11) is 0. The number of halogens is 3. The van der Waals surface area contributed by atoms with Crippen LogP contribution in [0.1, 0.15) is 11.8 Å². The normalized spacial score (nSPS) is 13.7. The maximum absolute atomic E-state index is 12.1. The van der Waals surface area contributed by atoms with Gasteiger partial charge >= 0.3 is 6.18 Å². The number of hydrogen-bond acceptors (Lipinski definition) is 3. The second-order valence-corrected chi connectivity index (χ2v) is 2.56. The van der Waals surface area contributed by atoms with Crippen LogP contribution in [-0.2, 0) is 0 Å². The summed E-state index contributed by atoms with van der Waals surface area (Å²) in [6, 6.07) is 0. The van der Waals surface area contributed by atoms with Gasteiger partial charge in [0.05, 0.1) is 17.5 Å². The number of nitrogens with zero attached hydrogens (tertiary/aromatic N) is 2. The van der Waals surface area contributed by atoms with Crippen molar-refractivity contribution >= 4 is 0 Å². The Hall–Kier alpha value is -1.43. The maximum Gasteiger partial charge on any atom is 0.414 e. The summed E-state index contributed by atoms with van der Waals surface area (Å²) in [5, 5.41) is 9.20. The van der Waals surface area contributed by atoms with Gasteiger partial charge in [-0.05, 0) is 0 Å². The second kappa shape index (κ2) is 3.75. The van der Waals surface area contributed by atoms with Gasteiger partial charge in [0, 0.05) is 12.4 Å². The van der Waals surface area contributed by atoms with Crippen LogP contribution in [0.25, 0.3) is 0 Å². The number of aliphatic hydroxyl groups is 1. The van der Waals surface area contributed by atoms with Gasteiger partial charge in [0.15, 0.2) is 0 Å². The fourth-order valence-corrected chi connectivity index (χ4v) is 0.785. The van der Waals surface area contributed by atoms with Crippen LogP contribution in [0.2, 0.25) is 0 Å². The van der Waals surface area contributed by atoms with E-state index in [1.807, 2.05) is 0 Å². The third kappa shape index (κ3) is 2.29. The summed E-state index contributed by atoms with van der Waals surface area (Å²) in [4.78, 5) is 7.08. The summed E-state index contributed by atoms with van der Waals surface area (Å²) in [5.74, 6) is 0. The average Bonchev–Trinajstić information content (AvgIpc) is 2.15. The van der Waals surface area contributed by atoms with Gasteiger partial charge in [-0.15, -0.1) is 0 Å². The Kier molecular flexibility index (Phi) is 2.85. The van der Waals surface area contributed by atoms with Crippen molar-refractivity contribution in [2.75, 3.05) is 0 Å². The van der Waals surface area contributed by atoms with Crippen molar-refractivity contribution in [3.05, 3.63) is 36.4 Å². The Morgan fingerprint density at radius 2 is 2.07 bits per heavy atom. The van der Waals surface area contributed by atoms with Gasteiger partial charge < -0.3 is 5.11 Å². The van der Waals surface area contributed by atoms with Crippen LogP contribution < -0.4 is 0 Å². The van der Waals surface area contributed by atoms with Crippen LogP contribution in [0, 0.1) is 0 Å². The number of aliphatic hydroxyl groups excluding tert-OH is 1. The minimum atomic E-state index is -4.63. The lowest BCUT2D eigenvalue weighted by atomic mass is 10.1. The molecule has 6 heteroatoms. The SMILES string of the molecule is C=C(C(O)c1cnccn1)C(F)(F)F. The first-order valence-electron chi connectivity index (χ1n) is 3.63.